The number of aliphatic hydroxyl groups is 1. The standard InChI is InChI=1S/C21H13F4N5O2/c22-14-3-7-17(18(23)9-14)20(31,12-29-30-27)21(24,25)19-8-6-16(11-28-19)32-15-4-1-13(10-26)2-5-15/h1-9,11,31H,12H2. The zero-order valence-corrected chi connectivity index (χ0v) is 16.1. The predicted octanol–water partition coefficient (Wildman–Crippen LogP) is 5.31. The summed E-state index contributed by atoms with van der Waals surface area (Å²) in [5, 5.41) is 22.5. The van der Waals surface area contributed by atoms with Crippen LogP contribution in [0.5, 0.6) is 11.5 Å². The molecule has 2 aromatic carbocycles. The van der Waals surface area contributed by atoms with Gasteiger partial charge in [0.15, 0.2) is 5.60 Å². The van der Waals surface area contributed by atoms with E-state index in [4.69, 9.17) is 15.5 Å². The molecule has 0 aliphatic rings. The van der Waals surface area contributed by atoms with Crippen molar-refractivity contribution in [1.82, 2.24) is 4.98 Å². The van der Waals surface area contributed by atoms with Crippen molar-refractivity contribution in [2.24, 2.45) is 5.11 Å². The van der Waals surface area contributed by atoms with E-state index in [0.29, 0.717) is 29.5 Å². The number of halogens is 4. The topological polar surface area (TPSA) is 115 Å². The molecule has 162 valence electrons. The van der Waals surface area contributed by atoms with Crippen molar-refractivity contribution in [1.29, 1.82) is 5.26 Å². The molecule has 32 heavy (non-hydrogen) atoms. The fourth-order valence-corrected chi connectivity index (χ4v) is 2.88. The Kier molecular flexibility index (Phi) is 6.30. The van der Waals surface area contributed by atoms with Gasteiger partial charge in [-0.25, -0.2) is 8.78 Å². The lowest BCUT2D eigenvalue weighted by Crippen LogP contribution is -2.47. The summed E-state index contributed by atoms with van der Waals surface area (Å²) in [4.78, 5) is 5.96. The molecular formula is C21H13F4N5O2. The Morgan fingerprint density at radius 1 is 1.09 bits per heavy atom. The molecule has 1 heterocycles. The van der Waals surface area contributed by atoms with Crippen LogP contribution >= 0.6 is 0 Å². The van der Waals surface area contributed by atoms with Gasteiger partial charge in [0.25, 0.3) is 0 Å². The van der Waals surface area contributed by atoms with Crippen LogP contribution in [0.2, 0.25) is 0 Å². The smallest absolute Gasteiger partial charge is 0.322 e. The van der Waals surface area contributed by atoms with Gasteiger partial charge >= 0.3 is 5.92 Å². The maximum absolute atomic E-state index is 15.3. The van der Waals surface area contributed by atoms with Crippen LogP contribution in [0.1, 0.15) is 16.8 Å². The highest BCUT2D eigenvalue weighted by molar-refractivity contribution is 5.38. The second-order valence-electron chi connectivity index (χ2n) is 6.57. The van der Waals surface area contributed by atoms with E-state index < -0.39 is 41.0 Å². The molecule has 0 spiro atoms. The Morgan fingerprint density at radius 2 is 1.78 bits per heavy atom. The average Bonchev–Trinajstić information content (AvgIpc) is 2.78. The number of alkyl halides is 2. The highest BCUT2D eigenvalue weighted by Crippen LogP contribution is 2.46. The van der Waals surface area contributed by atoms with Crippen molar-refractivity contribution in [3.05, 3.63) is 99.7 Å². The Labute approximate surface area is 178 Å². The third-order valence-electron chi connectivity index (χ3n) is 4.54. The van der Waals surface area contributed by atoms with Gasteiger partial charge in [-0.05, 0) is 48.0 Å². The lowest BCUT2D eigenvalue weighted by atomic mass is 9.84. The first-order chi connectivity index (χ1) is 15.2. The van der Waals surface area contributed by atoms with Crippen LogP contribution in [0.15, 0.2) is 65.9 Å². The second-order valence-corrected chi connectivity index (χ2v) is 6.57. The molecule has 3 aromatic rings. The Balaban J connectivity index is 1.95. The molecule has 1 N–H and O–H groups in total. The van der Waals surface area contributed by atoms with Gasteiger partial charge in [0.1, 0.15) is 28.8 Å². The molecule has 11 heteroatoms. The Hall–Kier alpha value is -4.13. The van der Waals surface area contributed by atoms with Crippen molar-refractivity contribution in [3.8, 4) is 17.6 Å². The van der Waals surface area contributed by atoms with Crippen molar-refractivity contribution >= 4 is 0 Å². The summed E-state index contributed by atoms with van der Waals surface area (Å²) < 4.78 is 63.6. The molecule has 3 rings (SSSR count). The number of azide groups is 1. The van der Waals surface area contributed by atoms with Crippen molar-refractivity contribution in [2.75, 3.05) is 6.54 Å². The van der Waals surface area contributed by atoms with Gasteiger partial charge < -0.3 is 9.84 Å². The summed E-state index contributed by atoms with van der Waals surface area (Å²) in [6.45, 7) is -1.25. The SMILES string of the molecule is N#Cc1ccc(Oc2ccc(C(F)(F)C(O)(CN=[N+]=[N-])c3ccc(F)cc3F)nc2)cc1. The molecule has 7 nitrogen and oxygen atoms in total. The number of ether oxygens (including phenoxy) is 1. The molecule has 0 fully saturated rings. The summed E-state index contributed by atoms with van der Waals surface area (Å²) >= 11 is 0. The van der Waals surface area contributed by atoms with E-state index in [1.165, 1.54) is 24.3 Å². The van der Waals surface area contributed by atoms with Gasteiger partial charge in [-0.3, -0.25) is 4.98 Å². The lowest BCUT2D eigenvalue weighted by molar-refractivity contribution is -0.193. The van der Waals surface area contributed by atoms with Crippen LogP contribution in [-0.2, 0) is 11.5 Å². The van der Waals surface area contributed by atoms with Crippen molar-refractivity contribution in [2.45, 2.75) is 11.5 Å². The van der Waals surface area contributed by atoms with Gasteiger partial charge in [-0.2, -0.15) is 14.0 Å². The molecule has 0 radical (unpaired) electrons. The van der Waals surface area contributed by atoms with E-state index in [0.717, 1.165) is 18.3 Å². The Morgan fingerprint density at radius 3 is 2.34 bits per heavy atom. The molecule has 0 saturated heterocycles. The summed E-state index contributed by atoms with van der Waals surface area (Å²) in [7, 11) is 0. The average molecular weight is 443 g/mol. The summed E-state index contributed by atoms with van der Waals surface area (Å²) in [6, 6.07) is 11.6. The van der Waals surface area contributed by atoms with Crippen LogP contribution in [0.4, 0.5) is 17.6 Å². The van der Waals surface area contributed by atoms with Crippen molar-refractivity contribution in [3.63, 3.8) is 0 Å². The molecule has 1 aromatic heterocycles. The molecule has 0 amide bonds. The minimum absolute atomic E-state index is 0.0702. The number of hydrogen-bond acceptors (Lipinski definition) is 5. The molecule has 0 bridgehead atoms. The quantitative estimate of drug-likeness (QED) is 0.230. The highest BCUT2D eigenvalue weighted by atomic mass is 19.3. The van der Waals surface area contributed by atoms with E-state index in [1.54, 1.807) is 0 Å². The maximum Gasteiger partial charge on any atom is 0.322 e. The van der Waals surface area contributed by atoms with Gasteiger partial charge in [0, 0.05) is 16.5 Å². The molecular weight excluding hydrogens is 430 g/mol. The lowest BCUT2D eigenvalue weighted by Gasteiger charge is -2.35. The summed E-state index contributed by atoms with van der Waals surface area (Å²) in [5.41, 5.74) is 3.66. The Bertz CT molecular complexity index is 1210. The van der Waals surface area contributed by atoms with Gasteiger partial charge in [0.05, 0.1) is 24.4 Å². The van der Waals surface area contributed by atoms with Crippen molar-refractivity contribution < 1.29 is 27.4 Å². The van der Waals surface area contributed by atoms with Crippen LogP contribution in [-0.4, -0.2) is 16.6 Å². The fraction of sp³-hybridized carbons (Fsp3) is 0.143. The van der Waals surface area contributed by atoms with Crippen LogP contribution in [0.3, 0.4) is 0 Å². The second kappa shape index (κ2) is 8.93. The molecule has 1 unspecified atom stereocenters. The molecule has 0 aliphatic carbocycles. The molecule has 1 atom stereocenters. The summed E-state index contributed by atoms with van der Waals surface area (Å²) in [5.74, 6) is -6.34. The number of aromatic nitrogens is 1. The van der Waals surface area contributed by atoms with Gasteiger partial charge in [-0.1, -0.05) is 11.2 Å². The fourth-order valence-electron chi connectivity index (χ4n) is 2.88. The monoisotopic (exact) mass is 443 g/mol. The van der Waals surface area contributed by atoms with E-state index in [2.05, 4.69) is 15.0 Å². The number of nitrogens with zero attached hydrogens (tertiary/aromatic N) is 5. The number of hydrogen-bond donors (Lipinski definition) is 1. The first-order valence-electron chi connectivity index (χ1n) is 8.92. The number of nitriles is 1. The van der Waals surface area contributed by atoms with E-state index in [1.807, 2.05) is 6.07 Å². The van der Waals surface area contributed by atoms with Crippen LogP contribution in [0, 0.1) is 23.0 Å². The van der Waals surface area contributed by atoms with Gasteiger partial charge in [-0.15, -0.1) is 0 Å². The maximum atomic E-state index is 15.3. The first kappa shape index (κ1) is 22.6. The zero-order valence-electron chi connectivity index (χ0n) is 16.1. The highest BCUT2D eigenvalue weighted by Gasteiger charge is 2.57. The largest absolute Gasteiger partial charge is 0.456 e. The zero-order chi connectivity index (χ0) is 23.4. The predicted molar refractivity (Wildman–Crippen MR) is 104 cm³/mol. The number of rotatable bonds is 7. The van der Waals surface area contributed by atoms with E-state index in [9.17, 15) is 13.9 Å². The van der Waals surface area contributed by atoms with E-state index >= 15 is 8.78 Å². The normalized spacial score (nSPS) is 12.9. The molecule has 0 saturated carbocycles. The van der Waals surface area contributed by atoms with Gasteiger partial charge in [0.2, 0.25) is 0 Å². The minimum Gasteiger partial charge on any atom is -0.456 e. The molecule has 0 aliphatic heterocycles. The van der Waals surface area contributed by atoms with E-state index in [-0.39, 0.29) is 5.75 Å². The first-order valence-corrected chi connectivity index (χ1v) is 8.92. The minimum atomic E-state index is -4.24. The summed E-state index contributed by atoms with van der Waals surface area (Å²) in [6.07, 6.45) is 0.955. The third kappa shape index (κ3) is 4.32. The number of pyridine rings is 1. The third-order valence-corrected chi connectivity index (χ3v) is 4.54. The van der Waals surface area contributed by atoms with Crippen LogP contribution < -0.4 is 4.74 Å². The van der Waals surface area contributed by atoms with Crippen LogP contribution in [0.25, 0.3) is 10.4 Å². The number of benzene rings is 2.